The number of nitrogens with one attached hydrogen (secondary N) is 1. The molecular formula is C15H20FN3O2. The van der Waals surface area contributed by atoms with Crippen molar-refractivity contribution in [1.82, 2.24) is 4.90 Å². The molecule has 5 nitrogen and oxygen atoms in total. The number of hydrogen-bond acceptors (Lipinski definition) is 4. The predicted octanol–water partition coefficient (Wildman–Crippen LogP) is 2.34. The lowest BCUT2D eigenvalue weighted by Gasteiger charge is -2.12. The van der Waals surface area contributed by atoms with Crippen LogP contribution in [0.3, 0.4) is 0 Å². The number of carbonyl (C=O) groups is 1. The van der Waals surface area contributed by atoms with Crippen molar-refractivity contribution in [1.29, 1.82) is 5.26 Å². The minimum atomic E-state index is -0.536. The SMILES string of the molecule is CC.CN1CC(C(=O)Nc2cc(F)ccc2O)CC1C#N. The van der Waals surface area contributed by atoms with Gasteiger partial charge in [0.25, 0.3) is 0 Å². The number of phenolic OH excluding ortho intramolecular Hbond substituents is 1. The van der Waals surface area contributed by atoms with E-state index in [4.69, 9.17) is 5.26 Å². The minimum absolute atomic E-state index is 0.0491. The van der Waals surface area contributed by atoms with Gasteiger partial charge in [0.05, 0.1) is 23.7 Å². The van der Waals surface area contributed by atoms with Gasteiger partial charge in [0.15, 0.2) is 0 Å². The number of benzene rings is 1. The average Bonchev–Trinajstić information content (AvgIpc) is 2.86. The molecule has 2 unspecified atom stereocenters. The quantitative estimate of drug-likeness (QED) is 0.821. The van der Waals surface area contributed by atoms with Crippen molar-refractivity contribution >= 4 is 11.6 Å². The summed E-state index contributed by atoms with van der Waals surface area (Å²) in [6.45, 7) is 4.47. The first-order chi connectivity index (χ1) is 10.0. The first-order valence-electron chi connectivity index (χ1n) is 6.90. The molecule has 1 heterocycles. The van der Waals surface area contributed by atoms with Crippen LogP contribution in [0.15, 0.2) is 18.2 Å². The number of anilines is 1. The van der Waals surface area contributed by atoms with E-state index in [0.29, 0.717) is 13.0 Å². The van der Waals surface area contributed by atoms with Gasteiger partial charge in [-0.1, -0.05) is 13.8 Å². The van der Waals surface area contributed by atoms with Gasteiger partial charge in [0, 0.05) is 12.6 Å². The lowest BCUT2D eigenvalue weighted by molar-refractivity contribution is -0.119. The highest BCUT2D eigenvalue weighted by molar-refractivity contribution is 5.94. The van der Waals surface area contributed by atoms with Gasteiger partial charge < -0.3 is 10.4 Å². The van der Waals surface area contributed by atoms with Crippen molar-refractivity contribution in [2.45, 2.75) is 26.3 Å². The van der Waals surface area contributed by atoms with Gasteiger partial charge in [0.2, 0.25) is 5.91 Å². The van der Waals surface area contributed by atoms with Crippen molar-refractivity contribution in [2.24, 2.45) is 5.92 Å². The fourth-order valence-electron chi connectivity index (χ4n) is 2.18. The van der Waals surface area contributed by atoms with E-state index in [-0.39, 0.29) is 29.3 Å². The van der Waals surface area contributed by atoms with Gasteiger partial charge in [-0.15, -0.1) is 0 Å². The summed E-state index contributed by atoms with van der Waals surface area (Å²) < 4.78 is 13.0. The third kappa shape index (κ3) is 4.17. The zero-order valence-electron chi connectivity index (χ0n) is 12.4. The number of phenols is 1. The second-order valence-corrected chi connectivity index (χ2v) is 4.67. The van der Waals surface area contributed by atoms with E-state index < -0.39 is 5.82 Å². The summed E-state index contributed by atoms with van der Waals surface area (Å²) in [6, 6.07) is 5.20. The smallest absolute Gasteiger partial charge is 0.228 e. The zero-order chi connectivity index (χ0) is 16.0. The highest BCUT2D eigenvalue weighted by Gasteiger charge is 2.34. The Labute approximate surface area is 124 Å². The van der Waals surface area contributed by atoms with Crippen molar-refractivity contribution in [3.8, 4) is 11.8 Å². The average molecular weight is 293 g/mol. The number of likely N-dealkylation sites (tertiary alicyclic amines) is 1. The molecular weight excluding hydrogens is 273 g/mol. The molecule has 2 atom stereocenters. The van der Waals surface area contributed by atoms with Gasteiger partial charge >= 0.3 is 0 Å². The summed E-state index contributed by atoms with van der Waals surface area (Å²) >= 11 is 0. The summed E-state index contributed by atoms with van der Waals surface area (Å²) in [4.78, 5) is 13.8. The van der Waals surface area contributed by atoms with Crippen LogP contribution in [0.2, 0.25) is 0 Å². The minimum Gasteiger partial charge on any atom is -0.506 e. The second kappa shape index (κ2) is 7.60. The maximum Gasteiger partial charge on any atom is 0.228 e. The van der Waals surface area contributed by atoms with Crippen molar-refractivity contribution < 1.29 is 14.3 Å². The van der Waals surface area contributed by atoms with Crippen molar-refractivity contribution in [2.75, 3.05) is 18.9 Å². The third-order valence-corrected chi connectivity index (χ3v) is 3.28. The Balaban J connectivity index is 0.00000106. The first-order valence-corrected chi connectivity index (χ1v) is 6.90. The van der Waals surface area contributed by atoms with E-state index in [0.717, 1.165) is 12.1 Å². The van der Waals surface area contributed by atoms with Crippen LogP contribution in [0.4, 0.5) is 10.1 Å². The molecule has 114 valence electrons. The van der Waals surface area contributed by atoms with Crippen LogP contribution >= 0.6 is 0 Å². The van der Waals surface area contributed by atoms with Gasteiger partial charge in [-0.05, 0) is 25.6 Å². The molecule has 0 saturated carbocycles. The molecule has 6 heteroatoms. The molecule has 2 rings (SSSR count). The molecule has 2 N–H and O–H groups in total. The molecule has 0 spiro atoms. The summed E-state index contributed by atoms with van der Waals surface area (Å²) in [7, 11) is 1.78. The molecule has 1 saturated heterocycles. The molecule has 1 aromatic rings. The van der Waals surface area contributed by atoms with Crippen molar-refractivity contribution in [3.63, 3.8) is 0 Å². The Kier molecular flexibility index (Phi) is 6.12. The maximum atomic E-state index is 13.0. The molecule has 1 fully saturated rings. The van der Waals surface area contributed by atoms with E-state index >= 15 is 0 Å². The fraction of sp³-hybridized carbons (Fsp3) is 0.467. The number of hydrogen-bond donors (Lipinski definition) is 2. The molecule has 0 aromatic heterocycles. The van der Waals surface area contributed by atoms with Crippen LogP contribution in [0, 0.1) is 23.1 Å². The molecule has 1 aliphatic heterocycles. The lowest BCUT2D eigenvalue weighted by Crippen LogP contribution is -2.26. The van der Waals surface area contributed by atoms with Crippen LogP contribution in [0.1, 0.15) is 20.3 Å². The van der Waals surface area contributed by atoms with E-state index in [1.807, 2.05) is 13.8 Å². The summed E-state index contributed by atoms with van der Waals surface area (Å²) in [5, 5.41) is 20.9. The van der Waals surface area contributed by atoms with Crippen LogP contribution in [0.25, 0.3) is 0 Å². The molecule has 0 radical (unpaired) electrons. The first kappa shape index (κ1) is 16.9. The number of carbonyl (C=O) groups excluding carboxylic acids is 1. The molecule has 21 heavy (non-hydrogen) atoms. The molecule has 0 bridgehead atoms. The van der Waals surface area contributed by atoms with E-state index in [2.05, 4.69) is 11.4 Å². The van der Waals surface area contributed by atoms with Crippen LogP contribution in [-0.2, 0) is 4.79 Å². The Morgan fingerprint density at radius 3 is 2.76 bits per heavy atom. The summed E-state index contributed by atoms with van der Waals surface area (Å²) in [5.41, 5.74) is 0.0491. The maximum absolute atomic E-state index is 13.0. The highest BCUT2D eigenvalue weighted by atomic mass is 19.1. The van der Waals surface area contributed by atoms with E-state index in [1.165, 1.54) is 6.07 Å². The largest absolute Gasteiger partial charge is 0.506 e. The Bertz CT molecular complexity index is 542. The Morgan fingerprint density at radius 1 is 1.52 bits per heavy atom. The summed E-state index contributed by atoms with van der Waals surface area (Å²) in [5.74, 6) is -1.37. The van der Waals surface area contributed by atoms with E-state index in [9.17, 15) is 14.3 Å². The van der Waals surface area contributed by atoms with Gasteiger partial charge in [-0.2, -0.15) is 5.26 Å². The third-order valence-electron chi connectivity index (χ3n) is 3.28. The Morgan fingerprint density at radius 2 is 2.19 bits per heavy atom. The van der Waals surface area contributed by atoms with Crippen LogP contribution in [0.5, 0.6) is 5.75 Å². The molecule has 0 aliphatic carbocycles. The number of aromatic hydroxyl groups is 1. The topological polar surface area (TPSA) is 76.4 Å². The van der Waals surface area contributed by atoms with Gasteiger partial charge in [-0.25, -0.2) is 4.39 Å². The second-order valence-electron chi connectivity index (χ2n) is 4.67. The van der Waals surface area contributed by atoms with Crippen molar-refractivity contribution in [3.05, 3.63) is 24.0 Å². The number of nitriles is 1. The predicted molar refractivity (Wildman–Crippen MR) is 78.2 cm³/mol. The number of nitrogens with zero attached hydrogens (tertiary/aromatic N) is 2. The molecule has 1 amide bonds. The number of rotatable bonds is 2. The van der Waals surface area contributed by atoms with Crippen LogP contribution < -0.4 is 5.32 Å². The van der Waals surface area contributed by atoms with Gasteiger partial charge in [0.1, 0.15) is 11.6 Å². The molecule has 1 aromatic carbocycles. The monoisotopic (exact) mass is 293 g/mol. The molecule has 1 aliphatic rings. The zero-order valence-corrected chi connectivity index (χ0v) is 12.4. The van der Waals surface area contributed by atoms with Crippen LogP contribution in [-0.4, -0.2) is 35.5 Å². The number of amides is 1. The standard InChI is InChI=1S/C13H14FN3O2.C2H6/c1-17-7-8(4-10(17)6-15)13(19)16-11-5-9(14)2-3-12(11)18;1-2/h2-3,5,8,10,18H,4,7H2,1H3,(H,16,19);1-2H3. The summed E-state index contributed by atoms with van der Waals surface area (Å²) in [6.07, 6.45) is 0.439. The van der Waals surface area contributed by atoms with E-state index in [1.54, 1.807) is 11.9 Å². The number of halogens is 1. The highest BCUT2D eigenvalue weighted by Crippen LogP contribution is 2.27. The van der Waals surface area contributed by atoms with Gasteiger partial charge in [-0.3, -0.25) is 9.69 Å². The normalized spacial score (nSPS) is 21.1. The fourth-order valence-corrected chi connectivity index (χ4v) is 2.18. The lowest BCUT2D eigenvalue weighted by atomic mass is 10.1. The Hall–Kier alpha value is -2.13.